The number of hydrogen-bond donors (Lipinski definition) is 2. The molecule has 0 aliphatic heterocycles. The highest BCUT2D eigenvalue weighted by Crippen LogP contribution is 2.01. The van der Waals surface area contributed by atoms with Crippen LogP contribution in [0.1, 0.15) is 32.3 Å². The molecule has 1 rings (SSSR count). The van der Waals surface area contributed by atoms with Gasteiger partial charge in [0.2, 0.25) is 5.91 Å². The molecule has 1 aromatic carbocycles. The van der Waals surface area contributed by atoms with Crippen molar-refractivity contribution in [3.8, 4) is 0 Å². The first kappa shape index (κ1) is 20.9. The zero-order chi connectivity index (χ0) is 18.3. The molecule has 0 radical (unpaired) electrons. The van der Waals surface area contributed by atoms with Crippen LogP contribution in [0.4, 0.5) is 4.79 Å². The fraction of sp³-hybridized carbons (Fsp3) is 0.556. The zero-order valence-corrected chi connectivity index (χ0v) is 15.0. The molecule has 0 aliphatic carbocycles. The summed E-state index contributed by atoms with van der Waals surface area (Å²) in [5, 5.41) is 5.32. The molecule has 2 amide bonds. The average molecular weight is 352 g/mol. The summed E-state index contributed by atoms with van der Waals surface area (Å²) in [4.78, 5) is 23.3. The number of carbonyl (C=O) groups is 2. The summed E-state index contributed by atoms with van der Waals surface area (Å²) >= 11 is 0. The molecule has 1 aromatic rings. The van der Waals surface area contributed by atoms with Crippen LogP contribution >= 0.6 is 0 Å². The minimum atomic E-state index is -0.538. The van der Waals surface area contributed by atoms with Gasteiger partial charge in [0.1, 0.15) is 6.61 Å². The molecule has 2 N–H and O–H groups in total. The van der Waals surface area contributed by atoms with Gasteiger partial charge in [-0.3, -0.25) is 4.79 Å². The van der Waals surface area contributed by atoms with Gasteiger partial charge in [-0.25, -0.2) is 4.79 Å². The first-order valence-electron chi connectivity index (χ1n) is 8.60. The van der Waals surface area contributed by atoms with Crippen molar-refractivity contribution < 1.29 is 23.8 Å². The predicted molar refractivity (Wildman–Crippen MR) is 93.9 cm³/mol. The van der Waals surface area contributed by atoms with Gasteiger partial charge in [-0.1, -0.05) is 30.3 Å². The number of rotatable bonds is 12. The number of alkyl carbamates (subject to hydrolysis) is 1. The summed E-state index contributed by atoms with van der Waals surface area (Å²) in [6.45, 7) is 5.80. The van der Waals surface area contributed by atoms with Crippen LogP contribution in [0, 0.1) is 0 Å². The zero-order valence-electron chi connectivity index (χ0n) is 15.0. The van der Waals surface area contributed by atoms with Crippen molar-refractivity contribution >= 4 is 12.0 Å². The topological polar surface area (TPSA) is 85.9 Å². The van der Waals surface area contributed by atoms with E-state index >= 15 is 0 Å². The summed E-state index contributed by atoms with van der Waals surface area (Å²) in [7, 11) is 0. The van der Waals surface area contributed by atoms with Gasteiger partial charge in [0.15, 0.2) is 6.29 Å². The summed E-state index contributed by atoms with van der Waals surface area (Å²) < 4.78 is 15.8. The second-order valence-electron chi connectivity index (χ2n) is 5.22. The number of ether oxygens (including phenoxy) is 3. The fourth-order valence-corrected chi connectivity index (χ4v) is 2.06. The lowest BCUT2D eigenvalue weighted by Gasteiger charge is -2.16. The SMILES string of the molecule is CCOC(CCNC(=O)CCNC(=O)OCc1ccccc1)OCC. The van der Waals surface area contributed by atoms with E-state index < -0.39 is 6.09 Å². The molecule has 0 unspecified atom stereocenters. The van der Waals surface area contributed by atoms with Gasteiger partial charge >= 0.3 is 6.09 Å². The molecular formula is C18H28N2O5. The Bertz CT molecular complexity index is 489. The van der Waals surface area contributed by atoms with Crippen LogP contribution in [0.5, 0.6) is 0 Å². The molecule has 0 aliphatic rings. The quantitative estimate of drug-likeness (QED) is 0.563. The highest BCUT2D eigenvalue weighted by molar-refractivity contribution is 5.76. The molecule has 0 spiro atoms. The minimum absolute atomic E-state index is 0.143. The number of amides is 2. The van der Waals surface area contributed by atoms with Crippen LogP contribution in [-0.2, 0) is 25.6 Å². The van der Waals surface area contributed by atoms with Crippen LogP contribution in [0.3, 0.4) is 0 Å². The minimum Gasteiger partial charge on any atom is -0.445 e. The Hall–Kier alpha value is -2.12. The number of nitrogens with one attached hydrogen (secondary N) is 2. The molecule has 0 bridgehead atoms. The Kier molecular flexibility index (Phi) is 11.0. The van der Waals surface area contributed by atoms with Crippen LogP contribution in [-0.4, -0.2) is 44.6 Å². The monoisotopic (exact) mass is 352 g/mol. The van der Waals surface area contributed by atoms with E-state index in [1.807, 2.05) is 44.2 Å². The fourth-order valence-electron chi connectivity index (χ4n) is 2.06. The van der Waals surface area contributed by atoms with E-state index in [4.69, 9.17) is 14.2 Å². The standard InChI is InChI=1S/C18H28N2O5/c1-3-23-17(24-4-2)11-13-19-16(21)10-12-20-18(22)25-14-15-8-6-5-7-9-15/h5-9,17H,3-4,10-14H2,1-2H3,(H,19,21)(H,20,22). The maximum Gasteiger partial charge on any atom is 0.407 e. The van der Waals surface area contributed by atoms with Gasteiger partial charge in [0.05, 0.1) is 0 Å². The van der Waals surface area contributed by atoms with Crippen molar-refractivity contribution in [1.29, 1.82) is 0 Å². The van der Waals surface area contributed by atoms with E-state index in [0.717, 1.165) is 5.56 Å². The molecule has 0 atom stereocenters. The lowest BCUT2D eigenvalue weighted by molar-refractivity contribution is -0.139. The van der Waals surface area contributed by atoms with Gasteiger partial charge < -0.3 is 24.8 Å². The van der Waals surface area contributed by atoms with Crippen LogP contribution in [0.15, 0.2) is 30.3 Å². The molecule has 0 saturated heterocycles. The van der Waals surface area contributed by atoms with E-state index in [1.54, 1.807) is 0 Å². The molecule has 7 heteroatoms. The lowest BCUT2D eigenvalue weighted by atomic mass is 10.2. The Morgan fingerprint density at radius 2 is 1.68 bits per heavy atom. The van der Waals surface area contributed by atoms with Crippen molar-refractivity contribution in [1.82, 2.24) is 10.6 Å². The first-order valence-corrected chi connectivity index (χ1v) is 8.60. The van der Waals surface area contributed by atoms with Gasteiger partial charge in [-0.15, -0.1) is 0 Å². The average Bonchev–Trinajstić information content (AvgIpc) is 2.61. The van der Waals surface area contributed by atoms with E-state index in [1.165, 1.54) is 0 Å². The van der Waals surface area contributed by atoms with Gasteiger partial charge in [0, 0.05) is 39.1 Å². The highest BCUT2D eigenvalue weighted by Gasteiger charge is 2.09. The van der Waals surface area contributed by atoms with Crippen LogP contribution < -0.4 is 10.6 Å². The van der Waals surface area contributed by atoms with Gasteiger partial charge in [-0.05, 0) is 19.4 Å². The van der Waals surface area contributed by atoms with Gasteiger partial charge in [0.25, 0.3) is 0 Å². The smallest absolute Gasteiger partial charge is 0.407 e. The van der Waals surface area contributed by atoms with E-state index in [9.17, 15) is 9.59 Å². The maximum absolute atomic E-state index is 11.7. The normalized spacial score (nSPS) is 10.5. The van der Waals surface area contributed by atoms with E-state index in [0.29, 0.717) is 26.2 Å². The first-order chi connectivity index (χ1) is 12.2. The Morgan fingerprint density at radius 3 is 2.32 bits per heavy atom. The number of hydrogen-bond acceptors (Lipinski definition) is 5. The summed E-state index contributed by atoms with van der Waals surface area (Å²) in [5.74, 6) is -0.143. The van der Waals surface area contributed by atoms with Crippen LogP contribution in [0.2, 0.25) is 0 Å². The third kappa shape index (κ3) is 10.4. The molecule has 25 heavy (non-hydrogen) atoms. The Labute approximate surface area is 149 Å². The predicted octanol–water partition coefficient (Wildman–Crippen LogP) is 2.21. The third-order valence-corrected chi connectivity index (χ3v) is 3.24. The van der Waals surface area contributed by atoms with Crippen molar-refractivity contribution in [3.05, 3.63) is 35.9 Å². The van der Waals surface area contributed by atoms with Crippen molar-refractivity contribution in [2.75, 3.05) is 26.3 Å². The molecular weight excluding hydrogens is 324 g/mol. The Morgan fingerprint density at radius 1 is 1.00 bits per heavy atom. The van der Waals surface area contributed by atoms with E-state index in [-0.39, 0.29) is 31.8 Å². The molecule has 0 saturated carbocycles. The molecule has 0 aromatic heterocycles. The second-order valence-corrected chi connectivity index (χ2v) is 5.22. The largest absolute Gasteiger partial charge is 0.445 e. The highest BCUT2D eigenvalue weighted by atomic mass is 16.7. The lowest BCUT2D eigenvalue weighted by Crippen LogP contribution is -2.33. The van der Waals surface area contributed by atoms with Crippen molar-refractivity contribution in [2.24, 2.45) is 0 Å². The molecule has 0 heterocycles. The maximum atomic E-state index is 11.7. The van der Waals surface area contributed by atoms with E-state index in [2.05, 4.69) is 10.6 Å². The number of carbonyl (C=O) groups excluding carboxylic acids is 2. The third-order valence-electron chi connectivity index (χ3n) is 3.24. The molecule has 140 valence electrons. The Balaban J connectivity index is 2.08. The summed E-state index contributed by atoms with van der Waals surface area (Å²) in [5.41, 5.74) is 0.911. The van der Waals surface area contributed by atoms with Gasteiger partial charge in [-0.2, -0.15) is 0 Å². The number of benzene rings is 1. The summed E-state index contributed by atoms with van der Waals surface area (Å²) in [6, 6.07) is 9.40. The van der Waals surface area contributed by atoms with Crippen LogP contribution in [0.25, 0.3) is 0 Å². The molecule has 0 fully saturated rings. The van der Waals surface area contributed by atoms with Crippen molar-refractivity contribution in [3.63, 3.8) is 0 Å². The second kappa shape index (κ2) is 13.2. The summed E-state index contributed by atoms with van der Waals surface area (Å²) in [6.07, 6.45) is -0.0697. The molecule has 7 nitrogen and oxygen atoms in total. The van der Waals surface area contributed by atoms with Crippen molar-refractivity contribution in [2.45, 2.75) is 39.6 Å².